The maximum atomic E-state index is 13.1. The third kappa shape index (κ3) is 2.93. The Morgan fingerprint density at radius 2 is 1.69 bits per heavy atom. The van der Waals surface area contributed by atoms with E-state index in [9.17, 15) is 12.8 Å². The molecule has 0 spiro atoms. The summed E-state index contributed by atoms with van der Waals surface area (Å²) in [6.45, 7) is 3.03. The van der Waals surface area contributed by atoms with E-state index in [1.807, 2.05) is 12.1 Å². The van der Waals surface area contributed by atoms with Gasteiger partial charge >= 0.3 is 0 Å². The molecule has 6 heteroatoms. The van der Waals surface area contributed by atoms with Crippen molar-refractivity contribution >= 4 is 20.9 Å². The largest absolute Gasteiger partial charge is 0.358 e. The molecule has 1 saturated heterocycles. The summed E-state index contributed by atoms with van der Waals surface area (Å²) in [6, 6.07) is 13.3. The van der Waals surface area contributed by atoms with Crippen LogP contribution in [0.25, 0.3) is 10.9 Å². The second kappa shape index (κ2) is 6.52. The van der Waals surface area contributed by atoms with Crippen LogP contribution in [0.2, 0.25) is 0 Å². The van der Waals surface area contributed by atoms with Crippen LogP contribution in [-0.4, -0.2) is 30.8 Å². The first kappa shape index (κ1) is 17.2. The van der Waals surface area contributed by atoms with Gasteiger partial charge in [0.25, 0.3) is 0 Å². The number of nitrogens with one attached hydrogen (secondary N) is 1. The number of hydrogen-bond donors (Lipinski definition) is 1. The molecular formula is C20H21FN2O2S. The Morgan fingerprint density at radius 1 is 1.04 bits per heavy atom. The highest BCUT2D eigenvalue weighted by Gasteiger charge is 2.31. The fourth-order valence-corrected chi connectivity index (χ4v) is 5.43. The number of aromatic nitrogens is 1. The predicted molar refractivity (Wildman–Crippen MR) is 100 cm³/mol. The Kier molecular flexibility index (Phi) is 4.32. The zero-order valence-corrected chi connectivity index (χ0v) is 15.4. The Morgan fingerprint density at radius 3 is 2.38 bits per heavy atom. The Hall–Kier alpha value is -2.18. The second-order valence-corrected chi connectivity index (χ2v) is 8.78. The third-order valence-corrected chi connectivity index (χ3v) is 7.17. The SMILES string of the molecule is Cc1[nH]c2ccccc2c1C1CCN(S(=O)(=O)c2ccc(F)cc2)CC1. The van der Waals surface area contributed by atoms with Crippen LogP contribution in [0.4, 0.5) is 4.39 Å². The van der Waals surface area contributed by atoms with Gasteiger partial charge in [0.15, 0.2) is 0 Å². The summed E-state index contributed by atoms with van der Waals surface area (Å²) in [5.41, 5.74) is 3.59. The van der Waals surface area contributed by atoms with Gasteiger partial charge in [-0.3, -0.25) is 0 Å². The first-order chi connectivity index (χ1) is 12.5. The summed E-state index contributed by atoms with van der Waals surface area (Å²) >= 11 is 0. The van der Waals surface area contributed by atoms with Crippen molar-refractivity contribution in [3.63, 3.8) is 0 Å². The lowest BCUT2D eigenvalue weighted by molar-refractivity contribution is 0.320. The molecule has 0 radical (unpaired) electrons. The zero-order chi connectivity index (χ0) is 18.3. The Labute approximate surface area is 152 Å². The molecule has 1 aliphatic heterocycles. The van der Waals surface area contributed by atoms with Gasteiger partial charge in [-0.15, -0.1) is 0 Å². The summed E-state index contributed by atoms with van der Waals surface area (Å²) < 4.78 is 40.1. The Balaban J connectivity index is 1.55. The molecule has 1 aromatic heterocycles. The molecule has 0 saturated carbocycles. The van der Waals surface area contributed by atoms with Crippen LogP contribution < -0.4 is 0 Å². The highest BCUT2D eigenvalue weighted by atomic mass is 32.2. The van der Waals surface area contributed by atoms with E-state index in [0.717, 1.165) is 24.1 Å². The molecule has 1 fully saturated rings. The molecule has 0 unspecified atom stereocenters. The van der Waals surface area contributed by atoms with Gasteiger partial charge in [-0.1, -0.05) is 18.2 Å². The molecule has 1 aliphatic rings. The number of aromatic amines is 1. The summed E-state index contributed by atoms with van der Waals surface area (Å²) in [5, 5.41) is 1.23. The molecule has 0 aliphatic carbocycles. The number of piperidine rings is 1. The molecule has 3 aromatic rings. The molecule has 0 atom stereocenters. The maximum Gasteiger partial charge on any atom is 0.243 e. The first-order valence-electron chi connectivity index (χ1n) is 8.80. The quantitative estimate of drug-likeness (QED) is 0.750. The van der Waals surface area contributed by atoms with Gasteiger partial charge in [0.1, 0.15) is 5.82 Å². The minimum Gasteiger partial charge on any atom is -0.358 e. The van der Waals surface area contributed by atoms with Gasteiger partial charge < -0.3 is 4.98 Å². The highest BCUT2D eigenvalue weighted by Crippen LogP contribution is 2.36. The topological polar surface area (TPSA) is 53.2 Å². The van der Waals surface area contributed by atoms with Crippen LogP contribution in [0.5, 0.6) is 0 Å². The van der Waals surface area contributed by atoms with Gasteiger partial charge in [0, 0.05) is 29.7 Å². The fourth-order valence-electron chi connectivity index (χ4n) is 3.96. The van der Waals surface area contributed by atoms with Gasteiger partial charge in [0.2, 0.25) is 10.0 Å². The predicted octanol–water partition coefficient (Wildman–Crippen LogP) is 4.18. The smallest absolute Gasteiger partial charge is 0.243 e. The lowest BCUT2D eigenvalue weighted by Gasteiger charge is -2.31. The number of fused-ring (bicyclic) bond motifs is 1. The van der Waals surface area contributed by atoms with Crippen LogP contribution in [0.1, 0.15) is 30.0 Å². The van der Waals surface area contributed by atoms with E-state index in [4.69, 9.17) is 0 Å². The number of rotatable bonds is 3. The van der Waals surface area contributed by atoms with Crippen molar-refractivity contribution in [2.24, 2.45) is 0 Å². The summed E-state index contributed by atoms with van der Waals surface area (Å²) in [4.78, 5) is 3.58. The number of hydrogen-bond acceptors (Lipinski definition) is 2. The molecule has 26 heavy (non-hydrogen) atoms. The maximum absolute atomic E-state index is 13.1. The average molecular weight is 372 g/mol. The van der Waals surface area contributed by atoms with Crippen molar-refractivity contribution in [2.45, 2.75) is 30.6 Å². The number of halogens is 1. The minimum absolute atomic E-state index is 0.153. The standard InChI is InChI=1S/C20H21FN2O2S/c1-14-20(18-4-2-3-5-19(18)22-14)15-10-12-23(13-11-15)26(24,25)17-8-6-16(21)7-9-17/h2-9,15,22H,10-13H2,1H3. The lowest BCUT2D eigenvalue weighted by Crippen LogP contribution is -2.38. The van der Waals surface area contributed by atoms with E-state index in [1.165, 1.54) is 39.5 Å². The van der Waals surface area contributed by atoms with Crippen LogP contribution >= 0.6 is 0 Å². The van der Waals surface area contributed by atoms with Gasteiger partial charge in [-0.25, -0.2) is 12.8 Å². The van der Waals surface area contributed by atoms with Crippen molar-refractivity contribution in [3.05, 3.63) is 65.6 Å². The van der Waals surface area contributed by atoms with Crippen molar-refractivity contribution in [1.82, 2.24) is 9.29 Å². The van der Waals surface area contributed by atoms with Gasteiger partial charge in [0.05, 0.1) is 4.90 Å². The van der Waals surface area contributed by atoms with E-state index in [-0.39, 0.29) is 4.90 Å². The van der Waals surface area contributed by atoms with E-state index >= 15 is 0 Å². The molecule has 4 nitrogen and oxygen atoms in total. The third-order valence-electron chi connectivity index (χ3n) is 5.26. The molecule has 0 bridgehead atoms. The number of benzene rings is 2. The van der Waals surface area contributed by atoms with Crippen molar-refractivity contribution in [2.75, 3.05) is 13.1 Å². The van der Waals surface area contributed by atoms with Crippen LogP contribution in [0.15, 0.2) is 53.4 Å². The van der Waals surface area contributed by atoms with E-state index in [0.29, 0.717) is 19.0 Å². The average Bonchev–Trinajstić information content (AvgIpc) is 2.98. The molecule has 4 rings (SSSR count). The lowest BCUT2D eigenvalue weighted by atomic mass is 9.88. The molecule has 2 aromatic carbocycles. The first-order valence-corrected chi connectivity index (χ1v) is 10.2. The normalized spacial score (nSPS) is 17.0. The summed E-state index contributed by atoms with van der Waals surface area (Å²) in [6.07, 6.45) is 1.56. The molecule has 2 heterocycles. The summed E-state index contributed by atoms with van der Waals surface area (Å²) in [5.74, 6) is -0.0942. The van der Waals surface area contributed by atoms with E-state index < -0.39 is 15.8 Å². The van der Waals surface area contributed by atoms with Crippen LogP contribution in [0, 0.1) is 12.7 Å². The number of para-hydroxylation sites is 1. The minimum atomic E-state index is -3.56. The number of aryl methyl sites for hydroxylation is 1. The van der Waals surface area contributed by atoms with Crippen molar-refractivity contribution in [3.8, 4) is 0 Å². The van der Waals surface area contributed by atoms with Crippen LogP contribution in [-0.2, 0) is 10.0 Å². The Bertz CT molecular complexity index is 1030. The highest BCUT2D eigenvalue weighted by molar-refractivity contribution is 7.89. The van der Waals surface area contributed by atoms with Gasteiger partial charge in [-0.2, -0.15) is 4.31 Å². The molecular weight excluding hydrogens is 351 g/mol. The van der Waals surface area contributed by atoms with E-state index in [1.54, 1.807) is 0 Å². The molecule has 0 amide bonds. The monoisotopic (exact) mass is 372 g/mol. The van der Waals surface area contributed by atoms with Crippen molar-refractivity contribution < 1.29 is 12.8 Å². The van der Waals surface area contributed by atoms with Crippen LogP contribution in [0.3, 0.4) is 0 Å². The number of H-pyrrole nitrogens is 1. The van der Waals surface area contributed by atoms with Gasteiger partial charge in [-0.05, 0) is 61.6 Å². The second-order valence-electron chi connectivity index (χ2n) is 6.84. The number of nitrogens with zero attached hydrogens (tertiary/aromatic N) is 1. The molecule has 136 valence electrons. The van der Waals surface area contributed by atoms with E-state index in [2.05, 4.69) is 24.0 Å². The number of sulfonamides is 1. The molecule has 1 N–H and O–H groups in total. The summed E-state index contributed by atoms with van der Waals surface area (Å²) in [7, 11) is -3.56. The fraction of sp³-hybridized carbons (Fsp3) is 0.300. The van der Waals surface area contributed by atoms with Crippen molar-refractivity contribution in [1.29, 1.82) is 0 Å². The zero-order valence-electron chi connectivity index (χ0n) is 14.6.